The highest BCUT2D eigenvalue weighted by Crippen LogP contribution is 2.41. The maximum absolute atomic E-state index is 12.9. The van der Waals surface area contributed by atoms with Gasteiger partial charge in [-0.1, -0.05) is 37.4 Å². The van der Waals surface area contributed by atoms with Crippen LogP contribution < -0.4 is 4.74 Å². The van der Waals surface area contributed by atoms with E-state index in [1.54, 1.807) is 36.7 Å². The molecular weight excluding hydrogens is 392 g/mol. The standard InChI is InChI=1S/C22H23ClN2O4/c1-3-4-5-11-25-19(14-7-6-10-24-13-14)18(21(27)22(25)28)20(26)16-12-15(23)8-9-17(16)29-2/h6-10,12-13,19,26H,3-5,11H2,1-2H3/b20-18+. The third-order valence-electron chi connectivity index (χ3n) is 4.96. The number of methoxy groups -OCH3 is 1. The highest BCUT2D eigenvalue weighted by Gasteiger charge is 2.46. The Bertz CT molecular complexity index is 943. The number of amides is 1. The fourth-order valence-electron chi connectivity index (χ4n) is 3.54. The third-order valence-corrected chi connectivity index (χ3v) is 5.19. The molecule has 0 radical (unpaired) electrons. The van der Waals surface area contributed by atoms with Crippen LogP contribution in [-0.4, -0.2) is 40.3 Å². The molecule has 1 unspecified atom stereocenters. The molecule has 6 nitrogen and oxygen atoms in total. The lowest BCUT2D eigenvalue weighted by molar-refractivity contribution is -0.139. The van der Waals surface area contributed by atoms with Gasteiger partial charge in [0.2, 0.25) is 0 Å². The number of likely N-dealkylation sites (tertiary alicyclic amines) is 1. The monoisotopic (exact) mass is 414 g/mol. The fraction of sp³-hybridized carbons (Fsp3) is 0.318. The van der Waals surface area contributed by atoms with Gasteiger partial charge in [-0.25, -0.2) is 0 Å². The van der Waals surface area contributed by atoms with Crippen molar-refractivity contribution in [3.63, 3.8) is 0 Å². The van der Waals surface area contributed by atoms with E-state index in [0.29, 0.717) is 22.9 Å². The fourth-order valence-corrected chi connectivity index (χ4v) is 3.71. The number of aromatic nitrogens is 1. The molecule has 152 valence electrons. The van der Waals surface area contributed by atoms with Gasteiger partial charge in [-0.15, -0.1) is 0 Å². The van der Waals surface area contributed by atoms with Crippen molar-refractivity contribution in [3.8, 4) is 5.75 Å². The number of pyridine rings is 1. The summed E-state index contributed by atoms with van der Waals surface area (Å²) in [5.74, 6) is -1.31. The van der Waals surface area contributed by atoms with Gasteiger partial charge in [0.05, 0.1) is 24.3 Å². The molecule has 3 rings (SSSR count). The highest BCUT2D eigenvalue weighted by molar-refractivity contribution is 6.46. The number of unbranched alkanes of at least 4 members (excludes halogenated alkanes) is 2. The number of halogens is 1. The first-order valence-electron chi connectivity index (χ1n) is 9.51. The summed E-state index contributed by atoms with van der Waals surface area (Å²) in [6, 6.07) is 7.55. The molecule has 1 aliphatic rings. The largest absolute Gasteiger partial charge is 0.507 e. The Labute approximate surface area is 174 Å². The molecule has 1 atom stereocenters. The third kappa shape index (κ3) is 4.12. The van der Waals surface area contributed by atoms with Gasteiger partial charge in [0.1, 0.15) is 11.5 Å². The van der Waals surface area contributed by atoms with E-state index in [1.165, 1.54) is 18.1 Å². The minimum Gasteiger partial charge on any atom is -0.507 e. The molecule has 0 bridgehead atoms. The van der Waals surface area contributed by atoms with E-state index in [-0.39, 0.29) is 16.9 Å². The van der Waals surface area contributed by atoms with Crippen molar-refractivity contribution in [3.05, 3.63) is 64.4 Å². The molecule has 0 saturated carbocycles. The number of ketones is 1. The van der Waals surface area contributed by atoms with Gasteiger partial charge in [0, 0.05) is 24.0 Å². The zero-order valence-corrected chi connectivity index (χ0v) is 17.1. The lowest BCUT2D eigenvalue weighted by atomic mass is 9.96. The highest BCUT2D eigenvalue weighted by atomic mass is 35.5. The number of rotatable bonds is 7. The normalized spacial score (nSPS) is 18.3. The molecular formula is C22H23ClN2O4. The smallest absolute Gasteiger partial charge is 0.295 e. The SMILES string of the molecule is CCCCCN1C(=O)C(=O)/C(=C(/O)c2cc(Cl)ccc2OC)C1c1cccnc1. The van der Waals surface area contributed by atoms with Gasteiger partial charge in [-0.2, -0.15) is 0 Å². The summed E-state index contributed by atoms with van der Waals surface area (Å²) >= 11 is 6.09. The molecule has 7 heteroatoms. The van der Waals surface area contributed by atoms with Crippen LogP contribution >= 0.6 is 11.6 Å². The van der Waals surface area contributed by atoms with E-state index in [2.05, 4.69) is 11.9 Å². The number of ether oxygens (including phenoxy) is 1. The van der Waals surface area contributed by atoms with E-state index in [1.807, 2.05) is 0 Å². The number of nitrogens with zero attached hydrogens (tertiary/aromatic N) is 2. The minimum atomic E-state index is -0.727. The zero-order valence-electron chi connectivity index (χ0n) is 16.4. The number of hydrogen-bond acceptors (Lipinski definition) is 5. The van der Waals surface area contributed by atoms with Crippen LogP contribution in [0.5, 0.6) is 5.75 Å². The van der Waals surface area contributed by atoms with E-state index in [9.17, 15) is 14.7 Å². The second-order valence-corrected chi connectivity index (χ2v) is 7.27. The molecule has 1 amide bonds. The Morgan fingerprint density at radius 1 is 1.28 bits per heavy atom. The summed E-state index contributed by atoms with van der Waals surface area (Å²) in [7, 11) is 1.46. The van der Waals surface area contributed by atoms with Crippen molar-refractivity contribution in [2.75, 3.05) is 13.7 Å². The first-order valence-corrected chi connectivity index (χ1v) is 9.89. The van der Waals surface area contributed by atoms with Crippen LogP contribution in [0.1, 0.15) is 43.4 Å². The van der Waals surface area contributed by atoms with E-state index >= 15 is 0 Å². The zero-order chi connectivity index (χ0) is 21.0. The van der Waals surface area contributed by atoms with Crippen molar-refractivity contribution < 1.29 is 19.4 Å². The molecule has 29 heavy (non-hydrogen) atoms. The van der Waals surface area contributed by atoms with Gasteiger partial charge in [-0.3, -0.25) is 14.6 Å². The maximum atomic E-state index is 12.9. The van der Waals surface area contributed by atoms with E-state index < -0.39 is 17.7 Å². The molecule has 2 aromatic rings. The lowest BCUT2D eigenvalue weighted by Gasteiger charge is -2.25. The van der Waals surface area contributed by atoms with E-state index in [4.69, 9.17) is 16.3 Å². The predicted octanol–water partition coefficient (Wildman–Crippen LogP) is 4.36. The number of aliphatic hydroxyl groups is 1. The Balaban J connectivity index is 2.16. The van der Waals surface area contributed by atoms with Gasteiger partial charge >= 0.3 is 0 Å². The summed E-state index contributed by atoms with van der Waals surface area (Å²) in [4.78, 5) is 31.4. The number of carbonyl (C=O) groups excluding carboxylic acids is 2. The summed E-state index contributed by atoms with van der Waals surface area (Å²) in [6.07, 6.45) is 5.91. The number of hydrogen-bond donors (Lipinski definition) is 1. The molecule has 1 N–H and O–H groups in total. The molecule has 1 saturated heterocycles. The molecule has 1 aromatic carbocycles. The Morgan fingerprint density at radius 2 is 2.07 bits per heavy atom. The number of Topliss-reactive ketones (excluding diaryl/α,β-unsaturated/α-hetero) is 1. The average Bonchev–Trinajstić information content (AvgIpc) is 2.99. The number of benzene rings is 1. The Kier molecular flexibility index (Phi) is 6.54. The van der Waals surface area contributed by atoms with Crippen LogP contribution in [-0.2, 0) is 9.59 Å². The molecule has 1 aliphatic heterocycles. The van der Waals surface area contributed by atoms with Gasteiger partial charge < -0.3 is 14.7 Å². The number of aliphatic hydroxyl groups excluding tert-OH is 1. The topological polar surface area (TPSA) is 79.7 Å². The molecule has 2 heterocycles. The van der Waals surface area contributed by atoms with Crippen molar-refractivity contribution in [2.45, 2.75) is 32.2 Å². The van der Waals surface area contributed by atoms with Crippen LogP contribution in [0.4, 0.5) is 0 Å². The van der Waals surface area contributed by atoms with Gasteiger partial charge in [0.15, 0.2) is 0 Å². The Morgan fingerprint density at radius 3 is 2.72 bits per heavy atom. The number of carbonyl (C=O) groups is 2. The first-order chi connectivity index (χ1) is 14.0. The molecule has 0 spiro atoms. The molecule has 0 aliphatic carbocycles. The Hall–Kier alpha value is -2.86. The average molecular weight is 415 g/mol. The second kappa shape index (κ2) is 9.09. The first kappa shape index (κ1) is 20.9. The lowest BCUT2D eigenvalue weighted by Crippen LogP contribution is -2.30. The molecule has 1 aromatic heterocycles. The van der Waals surface area contributed by atoms with Crippen molar-refractivity contribution in [1.82, 2.24) is 9.88 Å². The van der Waals surface area contributed by atoms with Crippen molar-refractivity contribution in [2.24, 2.45) is 0 Å². The maximum Gasteiger partial charge on any atom is 0.295 e. The van der Waals surface area contributed by atoms with Crippen LogP contribution in [0.2, 0.25) is 5.02 Å². The van der Waals surface area contributed by atoms with Gasteiger partial charge in [-0.05, 0) is 36.2 Å². The van der Waals surface area contributed by atoms with Crippen LogP contribution in [0.3, 0.4) is 0 Å². The summed E-state index contributed by atoms with van der Waals surface area (Å²) in [6.45, 7) is 2.49. The summed E-state index contributed by atoms with van der Waals surface area (Å²) in [5.41, 5.74) is 0.936. The molecule has 1 fully saturated rings. The van der Waals surface area contributed by atoms with Crippen molar-refractivity contribution in [1.29, 1.82) is 0 Å². The summed E-state index contributed by atoms with van der Waals surface area (Å²) < 4.78 is 5.32. The van der Waals surface area contributed by atoms with Crippen LogP contribution in [0.15, 0.2) is 48.3 Å². The summed E-state index contributed by atoms with van der Waals surface area (Å²) in [5, 5.41) is 11.5. The second-order valence-electron chi connectivity index (χ2n) is 6.83. The minimum absolute atomic E-state index is 0.0139. The predicted molar refractivity (Wildman–Crippen MR) is 111 cm³/mol. The van der Waals surface area contributed by atoms with Crippen LogP contribution in [0, 0.1) is 0 Å². The van der Waals surface area contributed by atoms with Gasteiger partial charge in [0.25, 0.3) is 11.7 Å². The quantitative estimate of drug-likeness (QED) is 0.315. The van der Waals surface area contributed by atoms with Crippen LogP contribution in [0.25, 0.3) is 5.76 Å². The van der Waals surface area contributed by atoms with E-state index in [0.717, 1.165) is 19.3 Å². The van der Waals surface area contributed by atoms with Crippen molar-refractivity contribution >= 4 is 29.1 Å².